The molecular weight excluding hydrogens is 979 g/mol. The zero-order valence-electron chi connectivity index (χ0n) is 46.0. The molecule has 2 aliphatic heterocycles. The van der Waals surface area contributed by atoms with Crippen LogP contribution in [0.25, 0.3) is 44.3 Å². The summed E-state index contributed by atoms with van der Waals surface area (Å²) < 4.78 is 15.4. The Morgan fingerprint density at radius 2 is 1.12 bits per heavy atom. The van der Waals surface area contributed by atoms with Crippen LogP contribution in [0.1, 0.15) is 117 Å². The fourth-order valence-electron chi connectivity index (χ4n) is 11.3. The van der Waals surface area contributed by atoms with Gasteiger partial charge in [0.2, 0.25) is 0 Å². The molecule has 78 heavy (non-hydrogen) atoms. The summed E-state index contributed by atoms with van der Waals surface area (Å²) in [5.74, 6) is -0.400. The highest BCUT2D eigenvalue weighted by molar-refractivity contribution is 6.09. The van der Waals surface area contributed by atoms with Crippen LogP contribution in [0.15, 0.2) is 113 Å². The second kappa shape index (κ2) is 24.1. The molecule has 2 saturated heterocycles. The second-order valence-electron chi connectivity index (χ2n) is 21.6. The Labute approximate surface area is 456 Å². The first kappa shape index (κ1) is 53.9. The Hall–Kier alpha value is -7.43. The molecule has 1 aliphatic carbocycles. The number of aromatic nitrogens is 5. The lowest BCUT2D eigenvalue weighted by atomic mass is 9.98. The standard InChI is InChI=1S/C33H38N4O3.C30H35N5O3/c1-22-17-23(2)35-33(39)30(22)20-34-32(38)29-18-26(19-31-28(29)11-12-37(31)27-5-3-4-6-27)25-9-7-24(8-10-25)21-36-13-15-40-16-14-36;1-19(2)35-10-9-24-25(29(36)31-17-26-20(3)15-21(4)32-30(26)37)16-27(33-28(24)35)23-7-5-22(6-8-23)18-34-11-13-38-14-12-34/h7-12,17-19,27H,3-6,13-16,20-21H2,1-2H3,(H,34,38)(H,35,39);5-10,15-16,19H,11-14,17-18H2,1-4H3,(H,31,36)(H,32,37). The number of morpholine rings is 2. The maximum absolute atomic E-state index is 13.7. The molecule has 3 aromatic carbocycles. The number of nitrogens with one attached hydrogen (secondary N) is 4. The van der Waals surface area contributed by atoms with E-state index in [1.807, 2.05) is 64.2 Å². The van der Waals surface area contributed by atoms with Crippen LogP contribution in [0.2, 0.25) is 0 Å². The summed E-state index contributed by atoms with van der Waals surface area (Å²) >= 11 is 0. The highest BCUT2D eigenvalue weighted by Crippen LogP contribution is 2.36. The maximum Gasteiger partial charge on any atom is 0.253 e. The normalized spacial score (nSPS) is 15.5. The summed E-state index contributed by atoms with van der Waals surface area (Å²) in [6, 6.07) is 31.7. The second-order valence-corrected chi connectivity index (χ2v) is 21.6. The van der Waals surface area contributed by atoms with E-state index < -0.39 is 0 Å². The molecule has 0 atom stereocenters. The number of rotatable bonds is 14. The summed E-state index contributed by atoms with van der Waals surface area (Å²) in [7, 11) is 0. The van der Waals surface area contributed by atoms with Crippen molar-refractivity contribution >= 4 is 33.8 Å². The number of aryl methyl sites for hydroxylation is 4. The Morgan fingerprint density at radius 3 is 1.63 bits per heavy atom. The van der Waals surface area contributed by atoms with Crippen molar-refractivity contribution in [3.63, 3.8) is 0 Å². The SMILES string of the molecule is Cc1cc(C)c(CNC(=O)c2cc(-c3ccc(CN4CCOCC4)cc3)cc3c2ccn3C2CCCC2)c(=O)[nH]1.Cc1cc(C)c(CNC(=O)c2cc(-c3ccc(CN4CCOCC4)cc3)nc3c2ccn3C(C)C)c(=O)[nH]1. The molecular formula is C63H73N9O6. The van der Waals surface area contributed by atoms with E-state index in [2.05, 4.69) is 120 Å². The lowest BCUT2D eigenvalue weighted by molar-refractivity contribution is 0.0341. The predicted octanol–water partition coefficient (Wildman–Crippen LogP) is 9.84. The number of hydrogen-bond acceptors (Lipinski definition) is 9. The van der Waals surface area contributed by atoms with Crippen LogP contribution in [0.3, 0.4) is 0 Å². The van der Waals surface area contributed by atoms with Crippen molar-refractivity contribution in [1.82, 2.24) is 44.5 Å². The van der Waals surface area contributed by atoms with Gasteiger partial charge in [0.25, 0.3) is 22.9 Å². The molecule has 8 aromatic rings. The highest BCUT2D eigenvalue weighted by atomic mass is 16.5. The van der Waals surface area contributed by atoms with Gasteiger partial charge >= 0.3 is 0 Å². The Kier molecular flexibility index (Phi) is 16.6. The van der Waals surface area contributed by atoms with Crippen molar-refractivity contribution in [2.75, 3.05) is 52.6 Å². The topological polar surface area (TPSA) is 172 Å². The number of benzene rings is 3. The molecule has 2 amide bonds. The van der Waals surface area contributed by atoms with Crippen molar-refractivity contribution in [1.29, 1.82) is 0 Å². The third kappa shape index (κ3) is 12.3. The first-order valence-corrected chi connectivity index (χ1v) is 27.7. The molecule has 5 aromatic heterocycles. The van der Waals surface area contributed by atoms with Gasteiger partial charge in [0, 0.05) is 127 Å². The minimum absolute atomic E-state index is 0.152. The van der Waals surface area contributed by atoms with E-state index >= 15 is 0 Å². The van der Waals surface area contributed by atoms with Gasteiger partial charge in [-0.1, -0.05) is 61.4 Å². The van der Waals surface area contributed by atoms with Gasteiger partial charge in [0.1, 0.15) is 5.65 Å². The van der Waals surface area contributed by atoms with Crippen molar-refractivity contribution < 1.29 is 19.1 Å². The molecule has 3 fully saturated rings. The van der Waals surface area contributed by atoms with Gasteiger partial charge in [0.15, 0.2) is 0 Å². The molecule has 0 bridgehead atoms. The van der Waals surface area contributed by atoms with E-state index in [1.54, 1.807) is 0 Å². The number of nitrogens with zero attached hydrogens (tertiary/aromatic N) is 5. The maximum atomic E-state index is 13.7. The molecule has 7 heterocycles. The van der Waals surface area contributed by atoms with E-state index in [-0.39, 0.29) is 42.1 Å². The molecule has 0 spiro atoms. The number of ether oxygens (including phenoxy) is 2. The van der Waals surface area contributed by atoms with Crippen LogP contribution in [-0.2, 0) is 35.7 Å². The number of H-pyrrole nitrogens is 2. The number of carbonyl (C=O) groups excluding carboxylic acids is 2. The van der Waals surface area contributed by atoms with E-state index in [9.17, 15) is 19.2 Å². The van der Waals surface area contributed by atoms with Gasteiger partial charge in [-0.2, -0.15) is 0 Å². The fourth-order valence-corrected chi connectivity index (χ4v) is 11.3. The summed E-state index contributed by atoms with van der Waals surface area (Å²) in [6.07, 6.45) is 8.94. The molecule has 15 heteroatoms. The van der Waals surface area contributed by atoms with Gasteiger partial charge in [-0.25, -0.2) is 4.98 Å². The average molecular weight is 1050 g/mol. The summed E-state index contributed by atoms with van der Waals surface area (Å²) in [5, 5.41) is 7.75. The molecule has 406 valence electrons. The van der Waals surface area contributed by atoms with E-state index in [0.29, 0.717) is 28.3 Å². The van der Waals surface area contributed by atoms with Crippen LogP contribution >= 0.6 is 0 Å². The number of pyridine rings is 3. The lowest BCUT2D eigenvalue weighted by Gasteiger charge is -2.26. The van der Waals surface area contributed by atoms with Crippen LogP contribution in [0, 0.1) is 27.7 Å². The van der Waals surface area contributed by atoms with Crippen LogP contribution in [0.5, 0.6) is 0 Å². The van der Waals surface area contributed by atoms with Gasteiger partial charge in [0.05, 0.1) is 37.7 Å². The Balaban J connectivity index is 0.000000177. The fraction of sp³-hybridized carbons (Fsp3) is 0.381. The third-order valence-electron chi connectivity index (χ3n) is 15.7. The average Bonchev–Trinajstić information content (AvgIpc) is 4.39. The molecule has 0 radical (unpaired) electrons. The molecule has 11 rings (SSSR count). The number of carbonyl (C=O) groups is 2. The number of amides is 2. The highest BCUT2D eigenvalue weighted by Gasteiger charge is 2.23. The van der Waals surface area contributed by atoms with Gasteiger partial charge in [-0.05, 0) is 130 Å². The minimum Gasteiger partial charge on any atom is -0.379 e. The zero-order chi connectivity index (χ0) is 54.5. The molecule has 1 saturated carbocycles. The van der Waals surface area contributed by atoms with E-state index in [0.717, 1.165) is 133 Å². The van der Waals surface area contributed by atoms with Crippen LogP contribution in [0.4, 0.5) is 0 Å². The van der Waals surface area contributed by atoms with Crippen molar-refractivity contribution in [3.05, 3.63) is 180 Å². The summed E-state index contributed by atoms with van der Waals surface area (Å²) in [4.78, 5) is 67.6. The quantitative estimate of drug-likeness (QED) is 0.0828. The van der Waals surface area contributed by atoms with Gasteiger partial charge in [-0.15, -0.1) is 0 Å². The van der Waals surface area contributed by atoms with Crippen LogP contribution in [-0.4, -0.2) is 98.3 Å². The zero-order valence-corrected chi connectivity index (χ0v) is 46.0. The Morgan fingerprint density at radius 1 is 0.615 bits per heavy atom. The van der Waals surface area contributed by atoms with Crippen molar-refractivity contribution in [3.8, 4) is 22.4 Å². The van der Waals surface area contributed by atoms with Crippen LogP contribution < -0.4 is 21.8 Å². The molecule has 0 unspecified atom stereocenters. The Bertz CT molecular complexity index is 3550. The van der Waals surface area contributed by atoms with Gasteiger partial charge in [-0.3, -0.25) is 29.0 Å². The van der Waals surface area contributed by atoms with E-state index in [1.165, 1.54) is 36.8 Å². The summed E-state index contributed by atoms with van der Waals surface area (Å²) in [5.41, 5.74) is 13.5. The van der Waals surface area contributed by atoms with Gasteiger partial charge < -0.3 is 39.2 Å². The van der Waals surface area contributed by atoms with E-state index in [4.69, 9.17) is 14.5 Å². The molecule has 3 aliphatic rings. The molecule has 4 N–H and O–H groups in total. The lowest BCUT2D eigenvalue weighted by Crippen LogP contribution is -2.35. The number of aromatic amines is 2. The number of hydrogen-bond donors (Lipinski definition) is 4. The monoisotopic (exact) mass is 1050 g/mol. The van der Waals surface area contributed by atoms with Crippen molar-refractivity contribution in [2.45, 2.75) is 105 Å². The van der Waals surface area contributed by atoms with Crippen molar-refractivity contribution in [2.24, 2.45) is 0 Å². The number of fused-ring (bicyclic) bond motifs is 2. The molecule has 15 nitrogen and oxygen atoms in total. The first-order chi connectivity index (χ1) is 37.8. The first-order valence-electron chi connectivity index (χ1n) is 27.7. The largest absolute Gasteiger partial charge is 0.379 e. The minimum atomic E-state index is -0.233. The predicted molar refractivity (Wildman–Crippen MR) is 308 cm³/mol. The summed E-state index contributed by atoms with van der Waals surface area (Å²) in [6.45, 7) is 20.8. The smallest absolute Gasteiger partial charge is 0.253 e. The third-order valence-corrected chi connectivity index (χ3v) is 15.7.